The lowest BCUT2D eigenvalue weighted by molar-refractivity contribution is -0.159. The number of nitrogens with zero attached hydrogens (tertiary/aromatic N) is 3. The van der Waals surface area contributed by atoms with Gasteiger partial charge >= 0.3 is 5.92 Å². The van der Waals surface area contributed by atoms with Gasteiger partial charge in [-0.05, 0) is 43.0 Å². The van der Waals surface area contributed by atoms with Crippen LogP contribution in [0.1, 0.15) is 23.2 Å². The summed E-state index contributed by atoms with van der Waals surface area (Å²) in [6, 6.07) is 11.3. The predicted molar refractivity (Wildman–Crippen MR) is 95.3 cm³/mol. The number of benzene rings is 1. The Bertz CT molecular complexity index is 839. The summed E-state index contributed by atoms with van der Waals surface area (Å²) >= 11 is 0. The zero-order valence-electron chi connectivity index (χ0n) is 14.7. The molecule has 1 saturated heterocycles. The molecule has 4 rings (SSSR count). The van der Waals surface area contributed by atoms with Crippen molar-refractivity contribution in [2.24, 2.45) is 0 Å². The Balaban J connectivity index is 1.58. The Morgan fingerprint density at radius 1 is 1.19 bits per heavy atom. The summed E-state index contributed by atoms with van der Waals surface area (Å²) in [6.07, 6.45) is 2.77. The molecule has 1 unspecified atom stereocenters. The molecule has 1 amide bonds. The van der Waals surface area contributed by atoms with E-state index in [4.69, 9.17) is 0 Å². The van der Waals surface area contributed by atoms with E-state index in [0.29, 0.717) is 25.1 Å². The normalized spacial score (nSPS) is 19.7. The van der Waals surface area contributed by atoms with Crippen LogP contribution >= 0.6 is 0 Å². The standard InChI is InChI=1S/C20H21F2N3O/c1-14-6-4-9-23-18(14)20(21,22)19(26)24-10-5-11-25-16(13-24)12-15-7-2-3-8-17(15)25/h2-4,6-9,16H,5,10-13H2,1H3. The molecule has 1 aromatic heterocycles. The summed E-state index contributed by atoms with van der Waals surface area (Å²) < 4.78 is 29.7. The van der Waals surface area contributed by atoms with E-state index in [2.05, 4.69) is 22.0 Å². The lowest BCUT2D eigenvalue weighted by Crippen LogP contribution is -2.47. The van der Waals surface area contributed by atoms with Crippen LogP contribution in [-0.4, -0.2) is 41.5 Å². The van der Waals surface area contributed by atoms with E-state index in [1.165, 1.54) is 22.3 Å². The number of para-hydroxylation sites is 1. The number of alkyl halides is 2. The van der Waals surface area contributed by atoms with Gasteiger partial charge in [-0.1, -0.05) is 24.3 Å². The first kappa shape index (κ1) is 16.9. The number of rotatable bonds is 2. The molecule has 1 aromatic carbocycles. The highest BCUT2D eigenvalue weighted by Gasteiger charge is 2.47. The molecule has 0 bridgehead atoms. The van der Waals surface area contributed by atoms with Gasteiger partial charge in [-0.15, -0.1) is 0 Å². The quantitative estimate of drug-likeness (QED) is 0.829. The van der Waals surface area contributed by atoms with Crippen LogP contribution < -0.4 is 4.90 Å². The van der Waals surface area contributed by atoms with Gasteiger partial charge in [-0.2, -0.15) is 8.78 Å². The van der Waals surface area contributed by atoms with E-state index >= 15 is 0 Å². The van der Waals surface area contributed by atoms with Crippen LogP contribution in [0.2, 0.25) is 0 Å². The van der Waals surface area contributed by atoms with Crippen LogP contribution in [0.5, 0.6) is 0 Å². The van der Waals surface area contributed by atoms with Gasteiger partial charge in [0.1, 0.15) is 5.69 Å². The molecule has 2 aliphatic rings. The number of anilines is 1. The summed E-state index contributed by atoms with van der Waals surface area (Å²) in [6.45, 7) is 2.99. The van der Waals surface area contributed by atoms with E-state index < -0.39 is 17.5 Å². The molecule has 0 radical (unpaired) electrons. The lowest BCUT2D eigenvalue weighted by atomic mass is 10.1. The third kappa shape index (κ3) is 2.73. The van der Waals surface area contributed by atoms with Crippen LogP contribution in [0.3, 0.4) is 0 Å². The van der Waals surface area contributed by atoms with Crippen molar-refractivity contribution in [3.05, 3.63) is 59.4 Å². The Morgan fingerprint density at radius 3 is 2.81 bits per heavy atom. The van der Waals surface area contributed by atoms with Crippen molar-refractivity contribution in [2.45, 2.75) is 31.7 Å². The Hall–Kier alpha value is -2.50. The Labute approximate surface area is 151 Å². The minimum atomic E-state index is -3.61. The first-order valence-corrected chi connectivity index (χ1v) is 8.92. The Kier molecular flexibility index (Phi) is 4.13. The second-order valence-electron chi connectivity index (χ2n) is 7.03. The first-order valence-electron chi connectivity index (χ1n) is 8.92. The number of aryl methyl sites for hydroxylation is 1. The molecule has 6 heteroatoms. The molecule has 136 valence electrons. The molecule has 1 atom stereocenters. The van der Waals surface area contributed by atoms with Crippen LogP contribution in [0.4, 0.5) is 14.5 Å². The third-order valence-corrected chi connectivity index (χ3v) is 5.32. The molecule has 26 heavy (non-hydrogen) atoms. The first-order chi connectivity index (χ1) is 12.5. The van der Waals surface area contributed by atoms with Gasteiger partial charge in [0.25, 0.3) is 5.91 Å². The predicted octanol–water partition coefficient (Wildman–Crippen LogP) is 3.15. The van der Waals surface area contributed by atoms with E-state index in [0.717, 1.165) is 13.0 Å². The number of carbonyl (C=O) groups is 1. The maximum absolute atomic E-state index is 14.9. The molecule has 0 aliphatic carbocycles. The van der Waals surface area contributed by atoms with E-state index in [1.807, 2.05) is 12.1 Å². The summed E-state index contributed by atoms with van der Waals surface area (Å²) in [7, 11) is 0. The van der Waals surface area contributed by atoms with Crippen molar-refractivity contribution in [3.63, 3.8) is 0 Å². The lowest BCUT2D eigenvalue weighted by Gasteiger charge is -2.29. The number of pyridine rings is 1. The fraction of sp³-hybridized carbons (Fsp3) is 0.400. The van der Waals surface area contributed by atoms with Gasteiger partial charge < -0.3 is 9.80 Å². The van der Waals surface area contributed by atoms with Crippen LogP contribution in [-0.2, 0) is 17.1 Å². The number of amides is 1. The van der Waals surface area contributed by atoms with Crippen LogP contribution in [0.15, 0.2) is 42.6 Å². The van der Waals surface area contributed by atoms with Gasteiger partial charge in [0.05, 0.1) is 6.04 Å². The molecule has 2 aliphatic heterocycles. The number of fused-ring (bicyclic) bond motifs is 3. The third-order valence-electron chi connectivity index (χ3n) is 5.32. The van der Waals surface area contributed by atoms with Crippen molar-refractivity contribution in [2.75, 3.05) is 24.5 Å². The topological polar surface area (TPSA) is 36.4 Å². The molecule has 3 heterocycles. The fourth-order valence-corrected chi connectivity index (χ4v) is 4.07. The average molecular weight is 357 g/mol. The van der Waals surface area contributed by atoms with Gasteiger partial charge in [0, 0.05) is 31.5 Å². The number of carbonyl (C=O) groups excluding carboxylic acids is 1. The number of hydrogen-bond acceptors (Lipinski definition) is 3. The number of hydrogen-bond donors (Lipinski definition) is 0. The van der Waals surface area contributed by atoms with Crippen molar-refractivity contribution < 1.29 is 13.6 Å². The van der Waals surface area contributed by atoms with Gasteiger partial charge in [-0.25, -0.2) is 0 Å². The van der Waals surface area contributed by atoms with E-state index in [9.17, 15) is 13.6 Å². The van der Waals surface area contributed by atoms with Crippen molar-refractivity contribution in [1.82, 2.24) is 9.88 Å². The largest absolute Gasteiger partial charge is 0.366 e. The number of halogens is 2. The SMILES string of the molecule is Cc1cccnc1C(F)(F)C(=O)N1CCCN2c3ccccc3CC2C1. The summed E-state index contributed by atoms with van der Waals surface area (Å²) in [5.74, 6) is -4.75. The highest BCUT2D eigenvalue weighted by atomic mass is 19.3. The van der Waals surface area contributed by atoms with Crippen molar-refractivity contribution in [1.29, 1.82) is 0 Å². The molecule has 1 fully saturated rings. The zero-order chi connectivity index (χ0) is 18.3. The Morgan fingerprint density at radius 2 is 2.00 bits per heavy atom. The molecular formula is C20H21F2N3O. The second-order valence-corrected chi connectivity index (χ2v) is 7.03. The highest BCUT2D eigenvalue weighted by Crippen LogP contribution is 2.36. The summed E-state index contributed by atoms with van der Waals surface area (Å²) in [5.41, 5.74) is 2.27. The minimum absolute atomic E-state index is 0.0551. The van der Waals surface area contributed by atoms with Gasteiger partial charge in [0.2, 0.25) is 0 Å². The van der Waals surface area contributed by atoms with Gasteiger partial charge in [0.15, 0.2) is 0 Å². The second kappa shape index (κ2) is 6.34. The summed E-state index contributed by atoms with van der Waals surface area (Å²) in [5, 5.41) is 0. The maximum atomic E-state index is 14.9. The maximum Gasteiger partial charge on any atom is 0.366 e. The average Bonchev–Trinajstić information content (AvgIpc) is 2.84. The van der Waals surface area contributed by atoms with E-state index in [1.54, 1.807) is 19.1 Å². The van der Waals surface area contributed by atoms with Gasteiger partial charge in [-0.3, -0.25) is 9.78 Å². The zero-order valence-corrected chi connectivity index (χ0v) is 14.7. The van der Waals surface area contributed by atoms with E-state index in [-0.39, 0.29) is 6.04 Å². The van der Waals surface area contributed by atoms with Crippen molar-refractivity contribution in [3.8, 4) is 0 Å². The molecule has 4 nitrogen and oxygen atoms in total. The number of aromatic nitrogens is 1. The minimum Gasteiger partial charge on any atom is -0.366 e. The van der Waals surface area contributed by atoms with Crippen molar-refractivity contribution >= 4 is 11.6 Å². The monoisotopic (exact) mass is 357 g/mol. The molecule has 0 spiro atoms. The molecule has 0 saturated carbocycles. The molecular weight excluding hydrogens is 336 g/mol. The summed E-state index contributed by atoms with van der Waals surface area (Å²) in [4.78, 5) is 20.1. The van der Waals surface area contributed by atoms with Crippen LogP contribution in [0, 0.1) is 6.92 Å². The fourth-order valence-electron chi connectivity index (χ4n) is 4.07. The molecule has 2 aromatic rings. The smallest absolute Gasteiger partial charge is 0.366 e. The van der Waals surface area contributed by atoms with Crippen LogP contribution in [0.25, 0.3) is 0 Å². The highest BCUT2D eigenvalue weighted by molar-refractivity contribution is 5.85. The molecule has 0 N–H and O–H groups in total.